The van der Waals surface area contributed by atoms with Crippen molar-refractivity contribution in [1.82, 2.24) is 10.2 Å². The van der Waals surface area contributed by atoms with Gasteiger partial charge in [0.15, 0.2) is 0 Å². The summed E-state index contributed by atoms with van der Waals surface area (Å²) in [6, 6.07) is 22.2. The number of carboxylic acids is 1. The maximum Gasteiger partial charge on any atom is 0.335 e. The Kier molecular flexibility index (Phi) is 7.30. The first-order valence-electron chi connectivity index (χ1n) is 11.0. The van der Waals surface area contributed by atoms with Crippen molar-refractivity contribution in [2.45, 2.75) is 25.5 Å². The predicted octanol–water partition coefficient (Wildman–Crippen LogP) is 3.96. The molecular formula is C26H30N2O3. The highest BCUT2D eigenvalue weighted by Crippen LogP contribution is 2.18. The molecule has 0 amide bonds. The Morgan fingerprint density at radius 2 is 1.84 bits per heavy atom. The molecule has 1 fully saturated rings. The van der Waals surface area contributed by atoms with Crippen molar-refractivity contribution in [3.8, 4) is 0 Å². The highest BCUT2D eigenvalue weighted by molar-refractivity contribution is 5.87. The minimum Gasteiger partial charge on any atom is -0.478 e. The van der Waals surface area contributed by atoms with Crippen LogP contribution >= 0.6 is 0 Å². The van der Waals surface area contributed by atoms with Crippen LogP contribution < -0.4 is 5.32 Å². The Morgan fingerprint density at radius 1 is 1.03 bits per heavy atom. The molecular weight excluding hydrogens is 388 g/mol. The fraction of sp³-hybridized carbons (Fsp3) is 0.346. The summed E-state index contributed by atoms with van der Waals surface area (Å²) in [5.74, 6) is -0.883. The van der Waals surface area contributed by atoms with E-state index in [1.807, 2.05) is 12.1 Å². The molecule has 1 unspecified atom stereocenters. The Morgan fingerprint density at radius 3 is 2.68 bits per heavy atom. The molecule has 2 N–H and O–H groups in total. The number of hydrogen-bond donors (Lipinski definition) is 2. The molecule has 5 nitrogen and oxygen atoms in total. The van der Waals surface area contributed by atoms with Crippen molar-refractivity contribution in [2.75, 3.05) is 32.8 Å². The van der Waals surface area contributed by atoms with Crippen LogP contribution in [-0.4, -0.2) is 54.9 Å². The van der Waals surface area contributed by atoms with Crippen LogP contribution in [0.25, 0.3) is 10.8 Å². The van der Waals surface area contributed by atoms with Crippen molar-refractivity contribution in [3.63, 3.8) is 0 Å². The third-order valence-electron chi connectivity index (χ3n) is 5.92. The summed E-state index contributed by atoms with van der Waals surface area (Å²) in [7, 11) is 0. The monoisotopic (exact) mass is 418 g/mol. The van der Waals surface area contributed by atoms with Crippen molar-refractivity contribution in [1.29, 1.82) is 0 Å². The first kappa shape index (κ1) is 21.5. The van der Waals surface area contributed by atoms with E-state index in [1.165, 1.54) is 16.3 Å². The van der Waals surface area contributed by atoms with Gasteiger partial charge in [-0.1, -0.05) is 54.6 Å². The average molecular weight is 419 g/mol. The van der Waals surface area contributed by atoms with Gasteiger partial charge in [0.25, 0.3) is 0 Å². The zero-order chi connectivity index (χ0) is 21.5. The maximum atomic E-state index is 11.0. The standard InChI is InChI=1S/C26H30N2O3/c29-26(30)23-10-8-20(9-11-23)18-28-16-17-31-24(19-28)13-15-27-14-12-22-6-3-5-21-4-1-2-7-25(21)22/h1-11,24,27H,12-19H2,(H,29,30). The van der Waals surface area contributed by atoms with Crippen molar-refractivity contribution < 1.29 is 14.6 Å². The highest BCUT2D eigenvalue weighted by Gasteiger charge is 2.20. The van der Waals surface area contributed by atoms with Gasteiger partial charge in [-0.05, 0) is 60.0 Å². The lowest BCUT2D eigenvalue weighted by Gasteiger charge is -2.33. The Balaban J connectivity index is 1.19. The molecule has 4 rings (SSSR count). The molecule has 162 valence electrons. The number of rotatable bonds is 9. The molecule has 5 heteroatoms. The molecule has 0 radical (unpaired) electrons. The molecule has 0 aliphatic carbocycles. The van der Waals surface area contributed by atoms with Crippen molar-refractivity contribution in [3.05, 3.63) is 83.4 Å². The van der Waals surface area contributed by atoms with Gasteiger partial charge >= 0.3 is 5.97 Å². The lowest BCUT2D eigenvalue weighted by molar-refractivity contribution is -0.0343. The highest BCUT2D eigenvalue weighted by atomic mass is 16.5. The van der Waals surface area contributed by atoms with E-state index >= 15 is 0 Å². The minimum absolute atomic E-state index is 0.233. The quantitative estimate of drug-likeness (QED) is 0.515. The summed E-state index contributed by atoms with van der Waals surface area (Å²) in [4.78, 5) is 13.4. The Bertz CT molecular complexity index is 998. The van der Waals surface area contributed by atoms with Crippen LogP contribution in [0.5, 0.6) is 0 Å². The number of carbonyl (C=O) groups is 1. The van der Waals surface area contributed by atoms with Crippen LogP contribution in [0.2, 0.25) is 0 Å². The number of nitrogens with one attached hydrogen (secondary N) is 1. The maximum absolute atomic E-state index is 11.0. The minimum atomic E-state index is -0.883. The van der Waals surface area contributed by atoms with Crippen molar-refractivity contribution >= 4 is 16.7 Å². The smallest absolute Gasteiger partial charge is 0.335 e. The average Bonchev–Trinajstić information content (AvgIpc) is 2.79. The number of fused-ring (bicyclic) bond motifs is 1. The summed E-state index contributed by atoms with van der Waals surface area (Å²) in [5.41, 5.74) is 2.86. The molecule has 3 aromatic carbocycles. The number of hydrogen-bond acceptors (Lipinski definition) is 4. The van der Waals surface area contributed by atoms with Gasteiger partial charge in [0, 0.05) is 19.6 Å². The van der Waals surface area contributed by atoms with Gasteiger partial charge < -0.3 is 15.2 Å². The lowest BCUT2D eigenvalue weighted by Crippen LogP contribution is -2.43. The van der Waals surface area contributed by atoms with E-state index in [0.717, 1.165) is 57.7 Å². The first-order chi connectivity index (χ1) is 15.2. The summed E-state index contributed by atoms with van der Waals surface area (Å²) >= 11 is 0. The molecule has 0 spiro atoms. The fourth-order valence-electron chi connectivity index (χ4n) is 4.23. The largest absolute Gasteiger partial charge is 0.478 e. The zero-order valence-corrected chi connectivity index (χ0v) is 17.8. The van der Waals surface area contributed by atoms with Crippen LogP contribution in [-0.2, 0) is 17.7 Å². The van der Waals surface area contributed by atoms with Gasteiger partial charge in [0.05, 0.1) is 18.3 Å². The molecule has 31 heavy (non-hydrogen) atoms. The number of carboxylic acid groups (broad SMARTS) is 1. The summed E-state index contributed by atoms with van der Waals surface area (Å²) in [5, 5.41) is 15.2. The lowest BCUT2D eigenvalue weighted by atomic mass is 10.0. The van der Waals surface area contributed by atoms with Crippen LogP contribution in [0.4, 0.5) is 0 Å². The zero-order valence-electron chi connectivity index (χ0n) is 17.8. The van der Waals surface area contributed by atoms with Gasteiger partial charge in [-0.3, -0.25) is 4.90 Å². The number of benzene rings is 3. The fourth-order valence-corrected chi connectivity index (χ4v) is 4.23. The molecule has 1 aliphatic rings. The molecule has 1 atom stereocenters. The molecule has 0 aromatic heterocycles. The van der Waals surface area contributed by atoms with Gasteiger partial charge in [0.1, 0.15) is 0 Å². The molecule has 0 bridgehead atoms. The van der Waals surface area contributed by atoms with Gasteiger partial charge in [-0.2, -0.15) is 0 Å². The summed E-state index contributed by atoms with van der Waals surface area (Å²) in [6.45, 7) is 5.29. The van der Waals surface area contributed by atoms with E-state index < -0.39 is 5.97 Å². The van der Waals surface area contributed by atoms with Gasteiger partial charge in [-0.15, -0.1) is 0 Å². The summed E-state index contributed by atoms with van der Waals surface area (Å²) < 4.78 is 5.96. The normalized spacial score (nSPS) is 17.1. The van der Waals surface area contributed by atoms with E-state index in [4.69, 9.17) is 9.84 Å². The SMILES string of the molecule is O=C(O)c1ccc(CN2CCOC(CCNCCc3cccc4ccccc34)C2)cc1. The molecule has 0 saturated carbocycles. The molecule has 1 heterocycles. The number of aromatic carboxylic acids is 1. The third kappa shape index (κ3) is 5.91. The third-order valence-corrected chi connectivity index (χ3v) is 5.92. The van der Waals surface area contributed by atoms with Crippen molar-refractivity contribution in [2.24, 2.45) is 0 Å². The number of nitrogens with zero attached hydrogens (tertiary/aromatic N) is 1. The van der Waals surface area contributed by atoms with Gasteiger partial charge in [-0.25, -0.2) is 4.79 Å². The van der Waals surface area contributed by atoms with E-state index in [2.05, 4.69) is 52.7 Å². The Labute approximate surface area is 183 Å². The second-order valence-electron chi connectivity index (χ2n) is 8.16. The van der Waals surface area contributed by atoms with Crippen LogP contribution in [0, 0.1) is 0 Å². The van der Waals surface area contributed by atoms with E-state index in [1.54, 1.807) is 12.1 Å². The van der Waals surface area contributed by atoms with Crippen LogP contribution in [0.15, 0.2) is 66.7 Å². The molecule has 1 saturated heterocycles. The second-order valence-corrected chi connectivity index (χ2v) is 8.16. The van der Waals surface area contributed by atoms with E-state index in [0.29, 0.717) is 5.56 Å². The number of morpholine rings is 1. The van der Waals surface area contributed by atoms with Crippen LogP contribution in [0.3, 0.4) is 0 Å². The van der Waals surface area contributed by atoms with Gasteiger partial charge in [0.2, 0.25) is 0 Å². The molecule has 1 aliphatic heterocycles. The number of ether oxygens (including phenoxy) is 1. The first-order valence-corrected chi connectivity index (χ1v) is 11.0. The Hall–Kier alpha value is -2.73. The second kappa shape index (κ2) is 10.5. The van der Waals surface area contributed by atoms with E-state index in [9.17, 15) is 4.79 Å². The predicted molar refractivity (Wildman–Crippen MR) is 124 cm³/mol. The summed E-state index contributed by atoms with van der Waals surface area (Å²) in [6.07, 6.45) is 2.24. The molecule has 3 aromatic rings. The van der Waals surface area contributed by atoms with Crippen LogP contribution in [0.1, 0.15) is 27.9 Å². The topological polar surface area (TPSA) is 61.8 Å². The van der Waals surface area contributed by atoms with E-state index in [-0.39, 0.29) is 6.10 Å².